The second-order valence-corrected chi connectivity index (χ2v) is 6.46. The second kappa shape index (κ2) is 9.02. The van der Waals surface area contributed by atoms with Crippen LogP contribution >= 0.6 is 15.9 Å². The number of rotatable bonds is 5. The first-order chi connectivity index (χ1) is 12.7. The van der Waals surface area contributed by atoms with E-state index >= 15 is 0 Å². The van der Waals surface area contributed by atoms with Crippen molar-refractivity contribution in [3.05, 3.63) is 101 Å². The first kappa shape index (κ1) is 18.0. The molecule has 0 aliphatic heterocycles. The van der Waals surface area contributed by atoms with Crippen LogP contribution in [0.15, 0.2) is 106 Å². The molecule has 0 saturated carbocycles. The van der Waals surface area contributed by atoms with Crippen molar-refractivity contribution in [2.45, 2.75) is 6.92 Å². The first-order valence-electron chi connectivity index (χ1n) is 8.17. The van der Waals surface area contributed by atoms with Gasteiger partial charge in [-0.3, -0.25) is 0 Å². The van der Waals surface area contributed by atoms with Crippen LogP contribution in [0.25, 0.3) is 0 Å². The zero-order valence-electron chi connectivity index (χ0n) is 14.3. The minimum Gasteiger partial charge on any atom is -0.465 e. The molecule has 0 fully saturated rings. The Morgan fingerprint density at radius 1 is 0.846 bits per heavy atom. The summed E-state index contributed by atoms with van der Waals surface area (Å²) in [4.78, 5) is 4.63. The van der Waals surface area contributed by atoms with Gasteiger partial charge in [0.2, 0.25) is 5.90 Å². The van der Waals surface area contributed by atoms with Crippen molar-refractivity contribution in [2.75, 3.05) is 0 Å². The van der Waals surface area contributed by atoms with Gasteiger partial charge >= 0.3 is 0 Å². The van der Waals surface area contributed by atoms with Gasteiger partial charge in [0.15, 0.2) is 0 Å². The van der Waals surface area contributed by atoms with E-state index in [0.717, 1.165) is 21.5 Å². The van der Waals surface area contributed by atoms with Crippen molar-refractivity contribution in [3.63, 3.8) is 0 Å². The highest BCUT2D eigenvalue weighted by Crippen LogP contribution is 2.21. The SMILES string of the molecule is C/C(=C\Oc1ccccc1)C(=Nc1ccccc1)Oc1cccc(Br)c1. The molecule has 4 heteroatoms. The molecule has 0 N–H and O–H groups in total. The molecule has 3 aromatic rings. The lowest BCUT2D eigenvalue weighted by atomic mass is 10.3. The average molecular weight is 408 g/mol. The van der Waals surface area contributed by atoms with Crippen LogP contribution in [0, 0.1) is 0 Å². The summed E-state index contributed by atoms with van der Waals surface area (Å²) in [5.74, 6) is 1.93. The van der Waals surface area contributed by atoms with Crippen LogP contribution in [0.3, 0.4) is 0 Å². The molecule has 130 valence electrons. The molecule has 0 aromatic heterocycles. The van der Waals surface area contributed by atoms with Crippen molar-refractivity contribution < 1.29 is 9.47 Å². The Labute approximate surface area is 161 Å². The number of aliphatic imine (C=N–C) groups is 1. The molecular formula is C22H18BrNO2. The number of hydrogen-bond donors (Lipinski definition) is 0. The van der Waals surface area contributed by atoms with Crippen LogP contribution in [0.4, 0.5) is 5.69 Å². The Morgan fingerprint density at radius 2 is 1.50 bits per heavy atom. The lowest BCUT2D eigenvalue weighted by Gasteiger charge is -2.10. The van der Waals surface area contributed by atoms with Gasteiger partial charge in [-0.2, -0.15) is 0 Å². The number of hydrogen-bond acceptors (Lipinski definition) is 3. The Bertz CT molecular complexity index is 906. The summed E-state index contributed by atoms with van der Waals surface area (Å²) in [5, 5.41) is 0. The molecule has 26 heavy (non-hydrogen) atoms. The summed E-state index contributed by atoms with van der Waals surface area (Å²) < 4.78 is 12.7. The molecule has 0 saturated heterocycles. The molecule has 0 atom stereocenters. The highest BCUT2D eigenvalue weighted by molar-refractivity contribution is 9.10. The van der Waals surface area contributed by atoms with E-state index in [-0.39, 0.29) is 0 Å². The second-order valence-electron chi connectivity index (χ2n) is 5.54. The van der Waals surface area contributed by atoms with Crippen LogP contribution in [-0.4, -0.2) is 5.90 Å². The summed E-state index contributed by atoms with van der Waals surface area (Å²) in [6, 6.07) is 26.9. The third kappa shape index (κ3) is 5.33. The molecule has 0 aliphatic carbocycles. The minimum atomic E-state index is 0.477. The smallest absolute Gasteiger partial charge is 0.225 e. The molecule has 0 unspecified atom stereocenters. The predicted molar refractivity (Wildman–Crippen MR) is 109 cm³/mol. The van der Waals surface area contributed by atoms with E-state index in [1.807, 2.05) is 91.9 Å². The molecule has 3 nitrogen and oxygen atoms in total. The summed E-state index contributed by atoms with van der Waals surface area (Å²) in [6.07, 6.45) is 1.65. The maximum Gasteiger partial charge on any atom is 0.225 e. The topological polar surface area (TPSA) is 30.8 Å². The van der Waals surface area contributed by atoms with Crippen LogP contribution in [-0.2, 0) is 0 Å². The molecule has 0 amide bonds. The number of nitrogens with zero attached hydrogens (tertiary/aromatic N) is 1. The Balaban J connectivity index is 1.88. The summed E-state index contributed by atoms with van der Waals surface area (Å²) in [6.45, 7) is 1.91. The van der Waals surface area contributed by atoms with Gasteiger partial charge < -0.3 is 9.47 Å². The van der Waals surface area contributed by atoms with E-state index in [2.05, 4.69) is 20.9 Å². The van der Waals surface area contributed by atoms with E-state index in [0.29, 0.717) is 11.6 Å². The van der Waals surface area contributed by atoms with E-state index in [9.17, 15) is 0 Å². The summed E-state index contributed by atoms with van der Waals surface area (Å²) >= 11 is 3.46. The van der Waals surface area contributed by atoms with Crippen molar-refractivity contribution in [1.82, 2.24) is 0 Å². The average Bonchev–Trinajstić information content (AvgIpc) is 2.67. The molecule has 0 radical (unpaired) electrons. The van der Waals surface area contributed by atoms with Gasteiger partial charge in [-0.05, 0) is 49.4 Å². The largest absolute Gasteiger partial charge is 0.465 e. The molecule has 0 bridgehead atoms. The van der Waals surface area contributed by atoms with Crippen LogP contribution in [0.1, 0.15) is 6.92 Å². The van der Waals surface area contributed by atoms with E-state index in [1.165, 1.54) is 0 Å². The maximum atomic E-state index is 6.02. The van der Waals surface area contributed by atoms with E-state index in [4.69, 9.17) is 9.47 Å². The van der Waals surface area contributed by atoms with Crippen LogP contribution in [0.2, 0.25) is 0 Å². The minimum absolute atomic E-state index is 0.477. The molecule has 0 spiro atoms. The van der Waals surface area contributed by atoms with Gasteiger partial charge in [-0.15, -0.1) is 0 Å². The summed E-state index contributed by atoms with van der Waals surface area (Å²) in [7, 11) is 0. The Kier molecular flexibility index (Phi) is 6.23. The maximum absolute atomic E-state index is 6.02. The number of ether oxygens (including phenoxy) is 2. The van der Waals surface area contributed by atoms with Gasteiger partial charge in [0.05, 0.1) is 11.9 Å². The fourth-order valence-corrected chi connectivity index (χ4v) is 2.54. The molecular weight excluding hydrogens is 390 g/mol. The van der Waals surface area contributed by atoms with Gasteiger partial charge in [0.25, 0.3) is 0 Å². The zero-order chi connectivity index (χ0) is 18.2. The standard InChI is InChI=1S/C22H18BrNO2/c1-17(16-25-20-12-6-3-7-13-20)22(24-19-10-4-2-5-11-19)26-21-14-8-9-18(23)15-21/h2-16H,1H3/b17-16+,24-22?. The molecule has 3 aromatic carbocycles. The first-order valence-corrected chi connectivity index (χ1v) is 8.96. The van der Waals surface area contributed by atoms with Crippen molar-refractivity contribution in [3.8, 4) is 11.5 Å². The highest BCUT2D eigenvalue weighted by atomic mass is 79.9. The third-order valence-corrected chi connectivity index (χ3v) is 3.94. The normalized spacial score (nSPS) is 11.9. The fraction of sp³-hybridized carbons (Fsp3) is 0.0455. The lowest BCUT2D eigenvalue weighted by molar-refractivity contribution is 0.473. The van der Waals surface area contributed by atoms with E-state index in [1.54, 1.807) is 6.26 Å². The van der Waals surface area contributed by atoms with Crippen molar-refractivity contribution in [1.29, 1.82) is 0 Å². The van der Waals surface area contributed by atoms with Crippen molar-refractivity contribution >= 4 is 27.5 Å². The van der Waals surface area contributed by atoms with E-state index < -0.39 is 0 Å². The van der Waals surface area contributed by atoms with Gasteiger partial charge in [0, 0.05) is 10.0 Å². The Hall–Kier alpha value is -2.85. The number of halogens is 1. The lowest BCUT2D eigenvalue weighted by Crippen LogP contribution is -2.10. The fourth-order valence-electron chi connectivity index (χ4n) is 2.16. The summed E-state index contributed by atoms with van der Waals surface area (Å²) in [5.41, 5.74) is 1.59. The zero-order valence-corrected chi connectivity index (χ0v) is 15.9. The molecule has 0 heterocycles. The Morgan fingerprint density at radius 3 is 2.19 bits per heavy atom. The van der Waals surface area contributed by atoms with Gasteiger partial charge in [0.1, 0.15) is 11.5 Å². The molecule has 0 aliphatic rings. The molecule has 3 rings (SSSR count). The third-order valence-electron chi connectivity index (χ3n) is 3.45. The van der Waals surface area contributed by atoms with Crippen LogP contribution < -0.4 is 9.47 Å². The predicted octanol–water partition coefficient (Wildman–Crippen LogP) is 6.54. The van der Waals surface area contributed by atoms with Gasteiger partial charge in [-0.1, -0.05) is 58.4 Å². The quantitative estimate of drug-likeness (QED) is 0.273. The monoisotopic (exact) mass is 407 g/mol. The van der Waals surface area contributed by atoms with Crippen LogP contribution in [0.5, 0.6) is 11.5 Å². The number of para-hydroxylation sites is 2. The van der Waals surface area contributed by atoms with Crippen molar-refractivity contribution in [2.24, 2.45) is 4.99 Å². The number of benzene rings is 3. The highest BCUT2D eigenvalue weighted by Gasteiger charge is 2.08. The van der Waals surface area contributed by atoms with Gasteiger partial charge in [-0.25, -0.2) is 4.99 Å².